The molecular formula is C22H14O6S2. The molecule has 3 aromatic carbocycles. The molecule has 0 aromatic heterocycles. The van der Waals surface area contributed by atoms with Gasteiger partial charge in [0, 0.05) is 22.3 Å². The minimum Gasteiger partial charge on any atom is -0.282 e. The lowest BCUT2D eigenvalue weighted by Crippen LogP contribution is -1.97. The van der Waals surface area contributed by atoms with Crippen LogP contribution in [0.4, 0.5) is 0 Å². The van der Waals surface area contributed by atoms with Crippen LogP contribution in [-0.2, 0) is 20.2 Å². The maximum atomic E-state index is 11.0. The van der Waals surface area contributed by atoms with Gasteiger partial charge in [-0.3, -0.25) is 9.11 Å². The molecule has 3 aromatic rings. The van der Waals surface area contributed by atoms with Crippen molar-refractivity contribution in [2.24, 2.45) is 0 Å². The molecule has 0 saturated carbocycles. The zero-order valence-electron chi connectivity index (χ0n) is 15.3. The van der Waals surface area contributed by atoms with E-state index in [4.69, 9.17) is 9.11 Å². The molecule has 6 nitrogen and oxygen atoms in total. The van der Waals surface area contributed by atoms with E-state index in [-0.39, 0.29) is 9.79 Å². The van der Waals surface area contributed by atoms with Gasteiger partial charge in [-0.15, -0.1) is 0 Å². The van der Waals surface area contributed by atoms with E-state index in [0.29, 0.717) is 11.1 Å². The van der Waals surface area contributed by atoms with E-state index in [1.165, 1.54) is 48.5 Å². The Hall–Kier alpha value is -3.40. The summed E-state index contributed by atoms with van der Waals surface area (Å²) in [5, 5.41) is 0. The molecule has 2 N–H and O–H groups in total. The van der Waals surface area contributed by atoms with Crippen molar-refractivity contribution in [3.8, 4) is 23.7 Å². The second-order valence-corrected chi connectivity index (χ2v) is 8.92. The summed E-state index contributed by atoms with van der Waals surface area (Å²) in [6.45, 7) is 0. The molecule has 0 radical (unpaired) electrons. The van der Waals surface area contributed by atoms with Crippen LogP contribution in [0.15, 0.2) is 82.6 Å². The van der Waals surface area contributed by atoms with E-state index in [2.05, 4.69) is 23.7 Å². The van der Waals surface area contributed by atoms with Crippen molar-refractivity contribution in [1.82, 2.24) is 0 Å². The fourth-order valence-electron chi connectivity index (χ4n) is 2.35. The first-order chi connectivity index (χ1) is 14.1. The topological polar surface area (TPSA) is 109 Å². The fourth-order valence-corrected chi connectivity index (χ4v) is 3.31. The third kappa shape index (κ3) is 5.80. The maximum Gasteiger partial charge on any atom is 0.294 e. The molecule has 0 aliphatic rings. The highest BCUT2D eigenvalue weighted by Gasteiger charge is 2.08. The Morgan fingerprint density at radius 2 is 0.633 bits per heavy atom. The average molecular weight is 438 g/mol. The fraction of sp³-hybridized carbons (Fsp3) is 0. The van der Waals surface area contributed by atoms with Crippen LogP contribution < -0.4 is 0 Å². The Morgan fingerprint density at radius 1 is 0.433 bits per heavy atom. The van der Waals surface area contributed by atoms with Crippen molar-refractivity contribution < 1.29 is 25.9 Å². The van der Waals surface area contributed by atoms with Gasteiger partial charge in [0.15, 0.2) is 0 Å². The van der Waals surface area contributed by atoms with Gasteiger partial charge in [0.25, 0.3) is 20.2 Å². The molecule has 0 amide bonds. The summed E-state index contributed by atoms with van der Waals surface area (Å²) in [6, 6.07) is 18.3. The highest BCUT2D eigenvalue weighted by atomic mass is 32.2. The van der Waals surface area contributed by atoms with E-state index in [9.17, 15) is 16.8 Å². The average Bonchev–Trinajstić information content (AvgIpc) is 2.71. The Morgan fingerprint density at radius 3 is 0.833 bits per heavy atom. The summed E-state index contributed by atoms with van der Waals surface area (Å²) in [4.78, 5) is -0.382. The van der Waals surface area contributed by atoms with Crippen LogP contribution in [0.3, 0.4) is 0 Å². The monoisotopic (exact) mass is 438 g/mol. The van der Waals surface area contributed by atoms with E-state index in [1.54, 1.807) is 24.3 Å². The molecule has 150 valence electrons. The first-order valence-electron chi connectivity index (χ1n) is 8.40. The number of hydrogen-bond donors (Lipinski definition) is 2. The van der Waals surface area contributed by atoms with Crippen molar-refractivity contribution in [2.75, 3.05) is 0 Å². The molecule has 0 atom stereocenters. The van der Waals surface area contributed by atoms with Crippen LogP contribution >= 0.6 is 0 Å². The molecule has 0 fully saturated rings. The van der Waals surface area contributed by atoms with Crippen molar-refractivity contribution in [3.05, 3.63) is 95.1 Å². The van der Waals surface area contributed by atoms with Crippen LogP contribution in [0.5, 0.6) is 0 Å². The Kier molecular flexibility index (Phi) is 6.06. The molecule has 30 heavy (non-hydrogen) atoms. The lowest BCUT2D eigenvalue weighted by Gasteiger charge is -1.96. The number of rotatable bonds is 2. The van der Waals surface area contributed by atoms with E-state index in [0.717, 1.165) is 11.1 Å². The summed E-state index contributed by atoms with van der Waals surface area (Å²) in [5.74, 6) is 11.7. The summed E-state index contributed by atoms with van der Waals surface area (Å²) < 4.78 is 62.0. The maximum absolute atomic E-state index is 11.0. The van der Waals surface area contributed by atoms with Gasteiger partial charge < -0.3 is 0 Å². The SMILES string of the molecule is O=S(=O)(O)c1ccc(C#Cc2ccc(C#Cc3ccc(S(=O)(=O)O)cc3)cc2)cc1. The van der Waals surface area contributed by atoms with Crippen molar-refractivity contribution in [3.63, 3.8) is 0 Å². The molecule has 0 saturated heterocycles. The third-order valence-corrected chi connectivity index (χ3v) is 5.63. The van der Waals surface area contributed by atoms with Gasteiger partial charge in [0.05, 0.1) is 9.79 Å². The molecule has 8 heteroatoms. The molecule has 0 aliphatic carbocycles. The smallest absolute Gasteiger partial charge is 0.282 e. The molecule has 0 unspecified atom stereocenters. The van der Waals surface area contributed by atoms with Crippen LogP contribution in [0.25, 0.3) is 0 Å². The van der Waals surface area contributed by atoms with E-state index < -0.39 is 20.2 Å². The zero-order valence-corrected chi connectivity index (χ0v) is 16.9. The van der Waals surface area contributed by atoms with Gasteiger partial charge in [-0.2, -0.15) is 16.8 Å². The summed E-state index contributed by atoms with van der Waals surface area (Å²) in [6.07, 6.45) is 0. The van der Waals surface area contributed by atoms with Crippen molar-refractivity contribution >= 4 is 20.2 Å². The summed E-state index contributed by atoms with van der Waals surface area (Å²) in [5.41, 5.74) is 2.66. The lowest BCUT2D eigenvalue weighted by atomic mass is 10.1. The first-order valence-corrected chi connectivity index (χ1v) is 11.3. The molecule has 0 bridgehead atoms. The van der Waals surface area contributed by atoms with Crippen LogP contribution in [0.1, 0.15) is 22.3 Å². The number of hydrogen-bond acceptors (Lipinski definition) is 4. The molecule has 0 spiro atoms. The second kappa shape index (κ2) is 8.54. The highest BCUT2D eigenvalue weighted by Crippen LogP contribution is 2.11. The summed E-state index contributed by atoms with van der Waals surface area (Å²) in [7, 11) is -8.45. The minimum atomic E-state index is -4.22. The highest BCUT2D eigenvalue weighted by molar-refractivity contribution is 7.86. The van der Waals surface area contributed by atoms with Gasteiger partial charge in [-0.05, 0) is 72.8 Å². The minimum absolute atomic E-state index is 0.191. The largest absolute Gasteiger partial charge is 0.294 e. The van der Waals surface area contributed by atoms with Gasteiger partial charge >= 0.3 is 0 Å². The molecule has 0 heterocycles. The van der Waals surface area contributed by atoms with Crippen LogP contribution in [-0.4, -0.2) is 25.9 Å². The van der Waals surface area contributed by atoms with E-state index >= 15 is 0 Å². The van der Waals surface area contributed by atoms with Gasteiger partial charge in [-0.1, -0.05) is 23.7 Å². The lowest BCUT2D eigenvalue weighted by molar-refractivity contribution is 0.481. The standard InChI is InChI=1S/C22H14O6S2/c23-29(24,25)21-13-9-19(10-14-21)7-5-17-1-2-18(4-3-17)6-8-20-11-15-22(16-12-20)30(26,27)28/h1-4,9-16H,(H,23,24,25)(H,26,27,28). The Balaban J connectivity index is 1.71. The van der Waals surface area contributed by atoms with Gasteiger partial charge in [-0.25, -0.2) is 0 Å². The Labute approximate surface area is 174 Å². The van der Waals surface area contributed by atoms with Crippen LogP contribution in [0, 0.1) is 23.7 Å². The predicted octanol–water partition coefficient (Wildman–Crippen LogP) is 2.98. The third-order valence-electron chi connectivity index (χ3n) is 3.89. The van der Waals surface area contributed by atoms with Crippen molar-refractivity contribution in [2.45, 2.75) is 9.79 Å². The molecule has 3 rings (SSSR count). The van der Waals surface area contributed by atoms with E-state index in [1.807, 2.05) is 0 Å². The normalized spacial score (nSPS) is 11.0. The predicted molar refractivity (Wildman–Crippen MR) is 111 cm³/mol. The molecular weight excluding hydrogens is 424 g/mol. The Bertz CT molecular complexity index is 1280. The van der Waals surface area contributed by atoms with Crippen molar-refractivity contribution in [1.29, 1.82) is 0 Å². The first kappa shape index (κ1) is 21.3. The second-order valence-electron chi connectivity index (χ2n) is 6.08. The summed E-state index contributed by atoms with van der Waals surface area (Å²) >= 11 is 0. The molecule has 0 aliphatic heterocycles. The van der Waals surface area contributed by atoms with Gasteiger partial charge in [0.1, 0.15) is 0 Å². The van der Waals surface area contributed by atoms with Crippen LogP contribution in [0.2, 0.25) is 0 Å². The quantitative estimate of drug-likeness (QED) is 0.470. The zero-order chi connectivity index (χ0) is 21.8. The van der Waals surface area contributed by atoms with Gasteiger partial charge in [0.2, 0.25) is 0 Å². The number of benzene rings is 3.